The van der Waals surface area contributed by atoms with Crippen LogP contribution >= 0.6 is 11.8 Å². The summed E-state index contributed by atoms with van der Waals surface area (Å²) >= 11 is 1.96. The van der Waals surface area contributed by atoms with Gasteiger partial charge in [-0.05, 0) is 37.3 Å². The van der Waals surface area contributed by atoms with Gasteiger partial charge in [0.1, 0.15) is 5.82 Å². The largest absolute Gasteiger partial charge is 0.349 e. The highest BCUT2D eigenvalue weighted by Crippen LogP contribution is 2.26. The van der Waals surface area contributed by atoms with E-state index in [4.69, 9.17) is 0 Å². The fourth-order valence-electron chi connectivity index (χ4n) is 3.88. The lowest BCUT2D eigenvalue weighted by molar-refractivity contribution is 0.467. The molecule has 1 aromatic carbocycles. The standard InChI is InChI=1S/C20H28N6S/c1-21-20(22-13-19-24-23-18-9-5-6-11-26(18)19)25-12-10-16(14-25)15-27-17-7-3-2-4-8-17/h2-4,7-8,16H,5-6,9-15H2,1H3,(H,21,22). The number of nitrogens with one attached hydrogen (secondary N) is 1. The molecule has 1 saturated heterocycles. The Morgan fingerprint density at radius 3 is 2.96 bits per heavy atom. The number of hydrogen-bond acceptors (Lipinski definition) is 4. The normalized spacial score (nSPS) is 20.0. The molecule has 1 unspecified atom stereocenters. The molecule has 1 N–H and O–H groups in total. The molecular weight excluding hydrogens is 356 g/mol. The molecule has 1 aromatic heterocycles. The zero-order valence-electron chi connectivity index (χ0n) is 16.0. The van der Waals surface area contributed by atoms with Gasteiger partial charge in [-0.25, -0.2) is 0 Å². The first-order valence-corrected chi connectivity index (χ1v) is 10.9. The van der Waals surface area contributed by atoms with Crippen LogP contribution < -0.4 is 5.32 Å². The van der Waals surface area contributed by atoms with Crippen LogP contribution in [0.4, 0.5) is 0 Å². The fourth-order valence-corrected chi connectivity index (χ4v) is 4.93. The van der Waals surface area contributed by atoms with Gasteiger partial charge < -0.3 is 14.8 Å². The molecule has 6 nitrogen and oxygen atoms in total. The number of hydrogen-bond donors (Lipinski definition) is 1. The number of aromatic nitrogens is 3. The van der Waals surface area contributed by atoms with E-state index >= 15 is 0 Å². The number of rotatable bonds is 5. The number of benzene rings is 1. The van der Waals surface area contributed by atoms with Gasteiger partial charge in [0.25, 0.3) is 0 Å². The zero-order valence-corrected chi connectivity index (χ0v) is 16.8. The van der Waals surface area contributed by atoms with Crippen molar-refractivity contribution in [2.24, 2.45) is 10.9 Å². The fraction of sp³-hybridized carbons (Fsp3) is 0.550. The Kier molecular flexibility index (Phi) is 5.97. The lowest BCUT2D eigenvalue weighted by atomic mass is 10.2. The highest BCUT2D eigenvalue weighted by molar-refractivity contribution is 7.99. The van der Waals surface area contributed by atoms with Crippen LogP contribution in [0, 0.1) is 5.92 Å². The number of aliphatic imine (C=N–C) groups is 1. The second kappa shape index (κ2) is 8.78. The first kappa shape index (κ1) is 18.3. The maximum absolute atomic E-state index is 4.50. The molecule has 144 valence electrons. The molecule has 1 atom stereocenters. The Balaban J connectivity index is 1.28. The third-order valence-electron chi connectivity index (χ3n) is 5.37. The van der Waals surface area contributed by atoms with Crippen LogP contribution in [0.1, 0.15) is 30.9 Å². The SMILES string of the molecule is CN=C(NCc1nnc2n1CCCC2)N1CCC(CSc2ccccc2)C1. The van der Waals surface area contributed by atoms with Crippen LogP contribution in [0.2, 0.25) is 0 Å². The van der Waals surface area contributed by atoms with Crippen molar-refractivity contribution >= 4 is 17.7 Å². The zero-order chi connectivity index (χ0) is 18.5. The third kappa shape index (κ3) is 4.46. The molecule has 0 bridgehead atoms. The summed E-state index contributed by atoms with van der Waals surface area (Å²) in [6.07, 6.45) is 4.72. The molecule has 0 aliphatic carbocycles. The van der Waals surface area contributed by atoms with Crippen LogP contribution in [-0.2, 0) is 19.5 Å². The predicted octanol–water partition coefficient (Wildman–Crippen LogP) is 2.80. The van der Waals surface area contributed by atoms with Gasteiger partial charge in [-0.3, -0.25) is 4.99 Å². The van der Waals surface area contributed by atoms with Crippen molar-refractivity contribution in [2.45, 2.75) is 43.7 Å². The van der Waals surface area contributed by atoms with Gasteiger partial charge in [0.2, 0.25) is 0 Å². The van der Waals surface area contributed by atoms with Crippen LogP contribution in [0.5, 0.6) is 0 Å². The Labute approximate surface area is 165 Å². The minimum Gasteiger partial charge on any atom is -0.349 e. The van der Waals surface area contributed by atoms with Crippen LogP contribution in [0.3, 0.4) is 0 Å². The second-order valence-electron chi connectivity index (χ2n) is 7.27. The van der Waals surface area contributed by atoms with E-state index in [2.05, 4.69) is 60.3 Å². The number of nitrogens with zero attached hydrogens (tertiary/aromatic N) is 5. The number of guanidine groups is 1. The maximum Gasteiger partial charge on any atom is 0.194 e. The summed E-state index contributed by atoms with van der Waals surface area (Å²) in [6, 6.07) is 10.7. The number of thioether (sulfide) groups is 1. The van der Waals surface area contributed by atoms with Gasteiger partial charge in [0, 0.05) is 43.8 Å². The van der Waals surface area contributed by atoms with Crippen LogP contribution in [-0.4, -0.2) is 51.5 Å². The highest BCUT2D eigenvalue weighted by atomic mass is 32.2. The Morgan fingerprint density at radius 2 is 2.11 bits per heavy atom. The summed E-state index contributed by atoms with van der Waals surface area (Å²) in [6.45, 7) is 3.87. The van der Waals surface area contributed by atoms with Crippen molar-refractivity contribution in [3.05, 3.63) is 42.0 Å². The molecule has 3 heterocycles. The topological polar surface area (TPSA) is 58.3 Å². The average molecular weight is 385 g/mol. The third-order valence-corrected chi connectivity index (χ3v) is 6.61. The number of aryl methyl sites for hydroxylation is 1. The smallest absolute Gasteiger partial charge is 0.194 e. The monoisotopic (exact) mass is 384 g/mol. The molecule has 0 radical (unpaired) electrons. The van der Waals surface area contributed by atoms with Crippen molar-refractivity contribution < 1.29 is 0 Å². The van der Waals surface area contributed by atoms with E-state index in [0.29, 0.717) is 12.5 Å². The number of likely N-dealkylation sites (tertiary alicyclic amines) is 1. The quantitative estimate of drug-likeness (QED) is 0.488. The van der Waals surface area contributed by atoms with E-state index < -0.39 is 0 Å². The van der Waals surface area contributed by atoms with Crippen molar-refractivity contribution in [3.63, 3.8) is 0 Å². The van der Waals surface area contributed by atoms with Gasteiger partial charge in [0.05, 0.1) is 6.54 Å². The van der Waals surface area contributed by atoms with E-state index in [1.54, 1.807) is 0 Å². The summed E-state index contributed by atoms with van der Waals surface area (Å²) in [5.74, 6) is 5.01. The van der Waals surface area contributed by atoms with Crippen LogP contribution in [0.15, 0.2) is 40.2 Å². The molecule has 0 spiro atoms. The van der Waals surface area contributed by atoms with Gasteiger partial charge >= 0.3 is 0 Å². The maximum atomic E-state index is 4.50. The molecule has 4 rings (SSSR count). The predicted molar refractivity (Wildman–Crippen MR) is 110 cm³/mol. The highest BCUT2D eigenvalue weighted by Gasteiger charge is 2.25. The summed E-state index contributed by atoms with van der Waals surface area (Å²) in [4.78, 5) is 8.24. The first-order valence-electron chi connectivity index (χ1n) is 9.88. The van der Waals surface area contributed by atoms with Crippen molar-refractivity contribution in [1.82, 2.24) is 25.0 Å². The minimum atomic E-state index is 0.694. The molecule has 0 amide bonds. The van der Waals surface area contributed by atoms with E-state index in [1.807, 2.05) is 18.8 Å². The summed E-state index contributed by atoms with van der Waals surface area (Å²) in [5.41, 5.74) is 0. The van der Waals surface area contributed by atoms with Crippen molar-refractivity contribution in [2.75, 3.05) is 25.9 Å². The number of fused-ring (bicyclic) bond motifs is 1. The first-order chi connectivity index (χ1) is 13.3. The Morgan fingerprint density at radius 1 is 1.22 bits per heavy atom. The lowest BCUT2D eigenvalue weighted by Crippen LogP contribution is -2.40. The van der Waals surface area contributed by atoms with Crippen LogP contribution in [0.25, 0.3) is 0 Å². The van der Waals surface area contributed by atoms with E-state index in [0.717, 1.165) is 49.4 Å². The van der Waals surface area contributed by atoms with E-state index in [1.165, 1.54) is 24.2 Å². The van der Waals surface area contributed by atoms with Gasteiger partial charge in [-0.2, -0.15) is 0 Å². The molecule has 2 aliphatic rings. The molecular formula is C20H28N6S. The van der Waals surface area contributed by atoms with Gasteiger partial charge in [-0.1, -0.05) is 18.2 Å². The Hall–Kier alpha value is -2.02. The van der Waals surface area contributed by atoms with E-state index in [-0.39, 0.29) is 0 Å². The van der Waals surface area contributed by atoms with Gasteiger partial charge in [-0.15, -0.1) is 22.0 Å². The molecule has 2 aromatic rings. The van der Waals surface area contributed by atoms with E-state index in [9.17, 15) is 0 Å². The second-order valence-corrected chi connectivity index (χ2v) is 8.36. The molecule has 27 heavy (non-hydrogen) atoms. The average Bonchev–Trinajstić information content (AvgIpc) is 3.35. The summed E-state index contributed by atoms with van der Waals surface area (Å²) in [5, 5.41) is 12.2. The minimum absolute atomic E-state index is 0.694. The Bertz CT molecular complexity index is 772. The molecule has 7 heteroatoms. The molecule has 2 aliphatic heterocycles. The van der Waals surface area contributed by atoms with Crippen molar-refractivity contribution in [1.29, 1.82) is 0 Å². The molecule has 0 saturated carbocycles. The summed E-state index contributed by atoms with van der Waals surface area (Å²) < 4.78 is 2.27. The lowest BCUT2D eigenvalue weighted by Gasteiger charge is -2.22. The van der Waals surface area contributed by atoms with Gasteiger partial charge in [0.15, 0.2) is 11.8 Å². The molecule has 1 fully saturated rings. The summed E-state index contributed by atoms with van der Waals surface area (Å²) in [7, 11) is 1.87. The van der Waals surface area contributed by atoms with Crippen molar-refractivity contribution in [3.8, 4) is 0 Å².